The van der Waals surface area contributed by atoms with Gasteiger partial charge in [0.2, 0.25) is 0 Å². The fraction of sp³-hybridized carbons (Fsp3) is 0.727. The number of hydrogen-bond acceptors (Lipinski definition) is 12. The normalized spacial score (nSPS) is 10.1. The Labute approximate surface area is 199 Å². The summed E-state index contributed by atoms with van der Waals surface area (Å²) in [6.45, 7) is 4.80. The Morgan fingerprint density at radius 1 is 0.618 bits per heavy atom. The monoisotopic (exact) mass is 492 g/mol. The molecule has 0 aromatic heterocycles. The molecule has 0 rings (SSSR count). The minimum absolute atomic E-state index is 0.148. The summed E-state index contributed by atoms with van der Waals surface area (Å²) in [6.07, 6.45) is 2.05. The third-order valence-electron chi connectivity index (χ3n) is 4.08. The van der Waals surface area contributed by atoms with Crippen LogP contribution in [0.5, 0.6) is 0 Å². The van der Waals surface area contributed by atoms with Crippen molar-refractivity contribution >= 4 is 35.8 Å². The zero-order valence-corrected chi connectivity index (χ0v) is 20.8. The first-order valence-corrected chi connectivity index (χ1v) is 10.6. The molecule has 0 amide bonds. The van der Waals surface area contributed by atoms with Crippen LogP contribution in [0.25, 0.3) is 0 Å². The molecule has 0 heterocycles. The molecule has 0 aromatic rings. The van der Waals surface area contributed by atoms with Crippen LogP contribution in [0, 0.1) is 0 Å². The Kier molecular flexibility index (Phi) is 18.7. The van der Waals surface area contributed by atoms with Crippen molar-refractivity contribution in [1.82, 2.24) is 0 Å². The van der Waals surface area contributed by atoms with Gasteiger partial charge in [0.25, 0.3) is 0 Å². The lowest BCUT2D eigenvalue weighted by Gasteiger charge is -2.30. The lowest BCUT2D eigenvalue weighted by atomic mass is 9.91. The van der Waals surface area contributed by atoms with E-state index in [1.165, 1.54) is 6.92 Å². The Balaban J connectivity index is 0. The van der Waals surface area contributed by atoms with E-state index < -0.39 is 48.7 Å². The van der Waals surface area contributed by atoms with Crippen molar-refractivity contribution in [3.05, 3.63) is 0 Å². The fourth-order valence-corrected chi connectivity index (χ4v) is 2.54. The van der Waals surface area contributed by atoms with Gasteiger partial charge in [-0.1, -0.05) is 19.8 Å². The Hall–Kier alpha value is -3.18. The molecule has 12 heteroatoms. The lowest BCUT2D eigenvalue weighted by molar-refractivity contribution is -0.173. The largest absolute Gasteiger partial charge is 0.469 e. The summed E-state index contributed by atoms with van der Waals surface area (Å²) in [7, 11) is 3.41. The molecule has 0 aromatic carbocycles. The molecule has 0 radical (unpaired) electrons. The highest BCUT2D eigenvalue weighted by Crippen LogP contribution is 2.27. The molecule has 196 valence electrons. The van der Waals surface area contributed by atoms with Crippen molar-refractivity contribution < 1.29 is 57.2 Å². The molecule has 0 aliphatic rings. The Bertz CT molecular complexity index is 625. The predicted octanol–water partition coefficient (Wildman–Crippen LogP) is 1.65. The first-order valence-electron chi connectivity index (χ1n) is 10.6. The van der Waals surface area contributed by atoms with Crippen molar-refractivity contribution in [1.29, 1.82) is 0 Å². The maximum Gasteiger partial charge on any atom is 0.309 e. The van der Waals surface area contributed by atoms with Crippen LogP contribution in [0.15, 0.2) is 0 Å². The van der Waals surface area contributed by atoms with Gasteiger partial charge >= 0.3 is 35.8 Å². The second-order valence-electron chi connectivity index (χ2n) is 7.05. The summed E-state index contributed by atoms with van der Waals surface area (Å²) >= 11 is 0. The SMILES string of the molecule is CCCCCC(=O)OCCOC(C)=O.COC(=O)CC(CC(=O)OC)(CC(=O)OC)OC(C)=O. The standard InChI is InChI=1S/C12H18O8.C10H18O4/c1-8(13)20-12(5-9(14)17-2,6-10(15)18-3)7-11(16)19-4;1-3-4-5-6-10(12)14-8-7-13-9(2)11/h5-7H2,1-4H3;3-8H2,1-2H3. The molecule has 0 atom stereocenters. The van der Waals surface area contributed by atoms with Gasteiger partial charge in [0.05, 0.1) is 40.6 Å². The van der Waals surface area contributed by atoms with Gasteiger partial charge in [-0.25, -0.2) is 0 Å². The first-order chi connectivity index (χ1) is 15.9. The van der Waals surface area contributed by atoms with E-state index in [1.54, 1.807) is 0 Å². The molecule has 0 aliphatic carbocycles. The topological polar surface area (TPSA) is 158 Å². The molecule has 0 saturated carbocycles. The van der Waals surface area contributed by atoms with Gasteiger partial charge in [0.1, 0.15) is 18.8 Å². The molecule has 0 N–H and O–H groups in total. The number of esters is 6. The van der Waals surface area contributed by atoms with Crippen LogP contribution in [0.2, 0.25) is 0 Å². The van der Waals surface area contributed by atoms with E-state index in [2.05, 4.69) is 25.9 Å². The molecular formula is C22H36O12. The Morgan fingerprint density at radius 3 is 1.41 bits per heavy atom. The van der Waals surface area contributed by atoms with E-state index in [0.717, 1.165) is 47.5 Å². The van der Waals surface area contributed by atoms with Gasteiger partial charge in [0, 0.05) is 20.3 Å². The molecule has 0 unspecified atom stereocenters. The number of carbonyl (C=O) groups is 6. The maximum absolute atomic E-state index is 11.4. The van der Waals surface area contributed by atoms with Crippen LogP contribution in [-0.4, -0.2) is 76.0 Å². The highest BCUT2D eigenvalue weighted by molar-refractivity contribution is 5.80. The molecule has 0 fully saturated rings. The van der Waals surface area contributed by atoms with E-state index in [1.807, 2.05) is 0 Å². The second-order valence-corrected chi connectivity index (χ2v) is 7.05. The van der Waals surface area contributed by atoms with E-state index in [0.29, 0.717) is 6.42 Å². The fourth-order valence-electron chi connectivity index (χ4n) is 2.54. The minimum atomic E-state index is -1.68. The zero-order chi connectivity index (χ0) is 26.6. The minimum Gasteiger partial charge on any atom is -0.469 e. The molecule has 12 nitrogen and oxygen atoms in total. The molecule has 34 heavy (non-hydrogen) atoms. The van der Waals surface area contributed by atoms with Gasteiger partial charge in [-0.15, -0.1) is 0 Å². The van der Waals surface area contributed by atoms with Crippen LogP contribution in [0.4, 0.5) is 0 Å². The summed E-state index contributed by atoms with van der Waals surface area (Å²) in [6, 6.07) is 0. The number of ether oxygens (including phenoxy) is 6. The summed E-state index contributed by atoms with van der Waals surface area (Å²) in [5.41, 5.74) is -1.68. The smallest absolute Gasteiger partial charge is 0.309 e. The molecular weight excluding hydrogens is 456 g/mol. The van der Waals surface area contributed by atoms with Crippen molar-refractivity contribution in [2.75, 3.05) is 34.5 Å². The zero-order valence-electron chi connectivity index (χ0n) is 20.8. The number of carbonyl (C=O) groups excluding carboxylic acids is 6. The molecule has 0 bridgehead atoms. The van der Waals surface area contributed by atoms with Crippen LogP contribution in [-0.2, 0) is 57.2 Å². The van der Waals surface area contributed by atoms with Crippen molar-refractivity contribution in [3.63, 3.8) is 0 Å². The van der Waals surface area contributed by atoms with Crippen molar-refractivity contribution in [3.8, 4) is 0 Å². The maximum atomic E-state index is 11.4. The van der Waals surface area contributed by atoms with Crippen LogP contribution < -0.4 is 0 Å². The highest BCUT2D eigenvalue weighted by atomic mass is 16.6. The third-order valence-corrected chi connectivity index (χ3v) is 4.08. The van der Waals surface area contributed by atoms with Crippen LogP contribution in [0.1, 0.15) is 65.7 Å². The first kappa shape index (κ1) is 33.0. The van der Waals surface area contributed by atoms with Gasteiger partial charge in [0.15, 0.2) is 0 Å². The summed E-state index contributed by atoms with van der Waals surface area (Å²) < 4.78 is 27.9. The van der Waals surface area contributed by atoms with Crippen LogP contribution >= 0.6 is 0 Å². The molecule has 0 saturated heterocycles. The lowest BCUT2D eigenvalue weighted by Crippen LogP contribution is -2.42. The molecule has 0 aliphatic heterocycles. The van der Waals surface area contributed by atoms with Gasteiger partial charge in [-0.05, 0) is 6.42 Å². The number of rotatable bonds is 14. The second kappa shape index (κ2) is 19.3. The van der Waals surface area contributed by atoms with E-state index in [-0.39, 0.29) is 25.2 Å². The number of unbranched alkanes of at least 4 members (excludes halogenated alkanes) is 2. The molecule has 0 spiro atoms. The van der Waals surface area contributed by atoms with E-state index in [4.69, 9.17) is 9.47 Å². The summed E-state index contributed by atoms with van der Waals surface area (Å²) in [4.78, 5) is 66.8. The average molecular weight is 493 g/mol. The average Bonchev–Trinajstić information content (AvgIpc) is 2.76. The third kappa shape index (κ3) is 18.4. The summed E-state index contributed by atoms with van der Waals surface area (Å²) in [5, 5.41) is 0. The highest BCUT2D eigenvalue weighted by Gasteiger charge is 2.42. The van der Waals surface area contributed by atoms with Gasteiger partial charge in [-0.3, -0.25) is 28.8 Å². The predicted molar refractivity (Wildman–Crippen MR) is 116 cm³/mol. The van der Waals surface area contributed by atoms with Gasteiger partial charge in [-0.2, -0.15) is 0 Å². The number of hydrogen-bond donors (Lipinski definition) is 0. The quantitative estimate of drug-likeness (QED) is 0.196. The summed E-state index contributed by atoms with van der Waals surface area (Å²) in [5.74, 6) is -3.53. The van der Waals surface area contributed by atoms with E-state index in [9.17, 15) is 28.8 Å². The Morgan fingerprint density at radius 2 is 1.06 bits per heavy atom. The number of methoxy groups -OCH3 is 3. The van der Waals surface area contributed by atoms with E-state index >= 15 is 0 Å². The van der Waals surface area contributed by atoms with Crippen molar-refractivity contribution in [2.24, 2.45) is 0 Å². The van der Waals surface area contributed by atoms with Crippen LogP contribution in [0.3, 0.4) is 0 Å². The van der Waals surface area contributed by atoms with Gasteiger partial charge < -0.3 is 28.4 Å². The van der Waals surface area contributed by atoms with Crippen molar-refractivity contribution in [2.45, 2.75) is 71.3 Å².